The van der Waals surface area contributed by atoms with Crippen molar-refractivity contribution in [1.29, 1.82) is 0 Å². The van der Waals surface area contributed by atoms with Gasteiger partial charge in [0.15, 0.2) is 11.6 Å². The zero-order valence-corrected chi connectivity index (χ0v) is 8.51. The van der Waals surface area contributed by atoms with Crippen molar-refractivity contribution in [2.75, 3.05) is 11.9 Å². The Labute approximate surface area is 90.4 Å². The third-order valence-corrected chi connectivity index (χ3v) is 2.41. The monoisotopic (exact) mass is 228 g/mol. The van der Waals surface area contributed by atoms with Crippen LogP contribution in [0.25, 0.3) is 0 Å². The summed E-state index contributed by atoms with van der Waals surface area (Å²) in [7, 11) is 0. The van der Waals surface area contributed by atoms with E-state index >= 15 is 0 Å². The number of hydrogen-bond donors (Lipinski definition) is 2. The number of ether oxygens (including phenoxy) is 1. The van der Waals surface area contributed by atoms with Crippen LogP contribution < -0.4 is 15.8 Å². The van der Waals surface area contributed by atoms with E-state index in [2.05, 4.69) is 5.32 Å². The fourth-order valence-corrected chi connectivity index (χ4v) is 1.46. The summed E-state index contributed by atoms with van der Waals surface area (Å²) >= 11 is 0. The van der Waals surface area contributed by atoms with Crippen molar-refractivity contribution in [3.05, 3.63) is 23.3 Å². The Morgan fingerprint density at radius 1 is 1.50 bits per heavy atom. The first-order chi connectivity index (χ1) is 7.50. The normalized spacial score (nSPS) is 19.5. The van der Waals surface area contributed by atoms with Crippen LogP contribution in [0.15, 0.2) is 6.07 Å². The largest absolute Gasteiger partial charge is 0.489 e. The molecule has 86 valence electrons. The highest BCUT2D eigenvalue weighted by molar-refractivity contribution is 5.97. The summed E-state index contributed by atoms with van der Waals surface area (Å²) in [4.78, 5) is 11.3. The van der Waals surface area contributed by atoms with Gasteiger partial charge in [0.1, 0.15) is 24.2 Å². The van der Waals surface area contributed by atoms with Gasteiger partial charge < -0.3 is 15.8 Å². The highest BCUT2D eigenvalue weighted by Gasteiger charge is 2.26. The molecule has 0 saturated heterocycles. The molecule has 0 bridgehead atoms. The first-order valence-corrected chi connectivity index (χ1v) is 4.68. The molecule has 0 unspecified atom stereocenters. The minimum atomic E-state index is -0.894. The van der Waals surface area contributed by atoms with E-state index in [0.29, 0.717) is 6.07 Å². The molecule has 0 aromatic heterocycles. The third kappa shape index (κ3) is 1.61. The van der Waals surface area contributed by atoms with Gasteiger partial charge in [0.2, 0.25) is 5.91 Å². The van der Waals surface area contributed by atoms with Gasteiger partial charge in [-0.05, 0) is 6.92 Å². The molecule has 1 heterocycles. The minimum absolute atomic E-state index is 0.00111. The SMILES string of the molecule is Cc1c(F)cc(F)c2c1OC[C@H](N)C(=O)N2. The maximum absolute atomic E-state index is 13.4. The molecule has 1 aromatic carbocycles. The highest BCUT2D eigenvalue weighted by Crippen LogP contribution is 2.34. The van der Waals surface area contributed by atoms with E-state index in [-0.39, 0.29) is 23.6 Å². The van der Waals surface area contributed by atoms with Gasteiger partial charge in [-0.3, -0.25) is 4.79 Å². The Morgan fingerprint density at radius 2 is 2.19 bits per heavy atom. The Bertz CT molecular complexity index is 463. The summed E-state index contributed by atoms with van der Waals surface area (Å²) in [5.41, 5.74) is 5.43. The number of nitrogens with one attached hydrogen (secondary N) is 1. The van der Waals surface area contributed by atoms with Crippen LogP contribution in [0.2, 0.25) is 0 Å². The van der Waals surface area contributed by atoms with Gasteiger partial charge in [-0.2, -0.15) is 0 Å². The molecular formula is C10H10F2N2O2. The van der Waals surface area contributed by atoms with Crippen molar-refractivity contribution in [2.24, 2.45) is 5.73 Å². The topological polar surface area (TPSA) is 64.3 Å². The molecule has 4 nitrogen and oxygen atoms in total. The number of hydrogen-bond acceptors (Lipinski definition) is 3. The van der Waals surface area contributed by atoms with Gasteiger partial charge in [-0.25, -0.2) is 8.78 Å². The van der Waals surface area contributed by atoms with E-state index in [0.717, 1.165) is 0 Å². The number of halogens is 2. The number of carbonyl (C=O) groups excluding carboxylic acids is 1. The number of rotatable bonds is 0. The van der Waals surface area contributed by atoms with E-state index in [1.165, 1.54) is 6.92 Å². The fraction of sp³-hybridized carbons (Fsp3) is 0.300. The maximum atomic E-state index is 13.4. The molecule has 16 heavy (non-hydrogen) atoms. The lowest BCUT2D eigenvalue weighted by atomic mass is 10.1. The Kier molecular flexibility index (Phi) is 2.51. The van der Waals surface area contributed by atoms with E-state index in [1.54, 1.807) is 0 Å². The first kappa shape index (κ1) is 10.8. The van der Waals surface area contributed by atoms with Crippen LogP contribution in [0, 0.1) is 18.6 Å². The number of anilines is 1. The summed E-state index contributed by atoms with van der Waals surface area (Å²) in [5.74, 6) is -2.15. The number of amides is 1. The lowest BCUT2D eigenvalue weighted by Gasteiger charge is -2.11. The van der Waals surface area contributed by atoms with E-state index in [9.17, 15) is 13.6 Å². The minimum Gasteiger partial charge on any atom is -0.489 e. The Hall–Kier alpha value is -1.69. The molecule has 3 N–H and O–H groups in total. The standard InChI is InChI=1S/C10H10F2N2O2/c1-4-5(11)2-6(12)8-9(4)16-3-7(13)10(15)14-8/h2,7H,3,13H2,1H3,(H,14,15)/t7-/m0/s1. The van der Waals surface area contributed by atoms with Crippen LogP contribution in [0.3, 0.4) is 0 Å². The van der Waals surface area contributed by atoms with Crippen molar-refractivity contribution >= 4 is 11.6 Å². The fourth-order valence-electron chi connectivity index (χ4n) is 1.46. The quantitative estimate of drug-likeness (QED) is 0.694. The van der Waals surface area contributed by atoms with Crippen LogP contribution >= 0.6 is 0 Å². The van der Waals surface area contributed by atoms with Crippen molar-refractivity contribution in [3.63, 3.8) is 0 Å². The lowest BCUT2D eigenvalue weighted by molar-refractivity contribution is -0.117. The predicted molar refractivity (Wildman–Crippen MR) is 53.2 cm³/mol. The molecule has 1 atom stereocenters. The Balaban J connectivity index is 2.57. The molecule has 1 amide bonds. The van der Waals surface area contributed by atoms with Gasteiger partial charge in [0, 0.05) is 11.6 Å². The van der Waals surface area contributed by atoms with Gasteiger partial charge in [0.25, 0.3) is 0 Å². The maximum Gasteiger partial charge on any atom is 0.244 e. The number of benzene rings is 1. The van der Waals surface area contributed by atoms with E-state index in [1.807, 2.05) is 0 Å². The summed E-state index contributed by atoms with van der Waals surface area (Å²) in [6, 6.07) is -0.191. The van der Waals surface area contributed by atoms with Gasteiger partial charge in [0.05, 0.1) is 0 Å². The summed E-state index contributed by atoms with van der Waals surface area (Å²) in [5, 5.41) is 2.28. The second kappa shape index (κ2) is 3.71. The molecule has 1 aromatic rings. The zero-order valence-electron chi connectivity index (χ0n) is 8.51. The molecule has 0 aliphatic carbocycles. The molecule has 1 aliphatic heterocycles. The second-order valence-electron chi connectivity index (χ2n) is 3.58. The summed E-state index contributed by atoms with van der Waals surface area (Å²) in [6.07, 6.45) is 0. The molecule has 0 radical (unpaired) electrons. The van der Waals surface area contributed by atoms with Gasteiger partial charge in [-0.15, -0.1) is 0 Å². The smallest absolute Gasteiger partial charge is 0.244 e. The average molecular weight is 228 g/mol. The van der Waals surface area contributed by atoms with E-state index in [4.69, 9.17) is 10.5 Å². The van der Waals surface area contributed by atoms with Crippen LogP contribution in [0.1, 0.15) is 5.56 Å². The highest BCUT2D eigenvalue weighted by atomic mass is 19.1. The second-order valence-corrected chi connectivity index (χ2v) is 3.58. The molecule has 0 fully saturated rings. The molecule has 2 rings (SSSR count). The van der Waals surface area contributed by atoms with Crippen LogP contribution in [0.5, 0.6) is 5.75 Å². The average Bonchev–Trinajstić information content (AvgIpc) is 2.37. The van der Waals surface area contributed by atoms with Crippen molar-refractivity contribution in [1.82, 2.24) is 0 Å². The molecule has 1 aliphatic rings. The summed E-state index contributed by atoms with van der Waals surface area (Å²) < 4.78 is 31.8. The molecule has 0 spiro atoms. The number of fused-ring (bicyclic) bond motifs is 1. The van der Waals surface area contributed by atoms with Crippen LogP contribution in [-0.4, -0.2) is 18.6 Å². The third-order valence-electron chi connectivity index (χ3n) is 2.41. The van der Waals surface area contributed by atoms with Gasteiger partial charge in [-0.1, -0.05) is 0 Å². The molecule has 0 saturated carbocycles. The van der Waals surface area contributed by atoms with Crippen molar-refractivity contribution in [2.45, 2.75) is 13.0 Å². The van der Waals surface area contributed by atoms with Crippen molar-refractivity contribution < 1.29 is 18.3 Å². The number of carbonyl (C=O) groups is 1. The lowest BCUT2D eigenvalue weighted by Crippen LogP contribution is -2.38. The van der Waals surface area contributed by atoms with Crippen LogP contribution in [0.4, 0.5) is 14.5 Å². The summed E-state index contributed by atoms with van der Waals surface area (Å²) in [6.45, 7) is 1.33. The molecular weight excluding hydrogens is 218 g/mol. The molecule has 6 heteroatoms. The first-order valence-electron chi connectivity index (χ1n) is 4.68. The van der Waals surface area contributed by atoms with Gasteiger partial charge >= 0.3 is 0 Å². The zero-order chi connectivity index (χ0) is 11.9. The predicted octanol–water partition coefficient (Wildman–Crippen LogP) is 0.931. The number of nitrogens with two attached hydrogens (primary N) is 1. The van der Waals surface area contributed by atoms with Crippen LogP contribution in [-0.2, 0) is 4.79 Å². The van der Waals surface area contributed by atoms with Crippen molar-refractivity contribution in [3.8, 4) is 5.75 Å². The van der Waals surface area contributed by atoms with E-state index < -0.39 is 23.6 Å². The Morgan fingerprint density at radius 3 is 2.88 bits per heavy atom.